The van der Waals surface area contributed by atoms with E-state index in [2.05, 4.69) is 11.4 Å². The number of ether oxygens (including phenoxy) is 1. The maximum atomic E-state index is 12.3. The zero-order chi connectivity index (χ0) is 19.2. The van der Waals surface area contributed by atoms with Crippen molar-refractivity contribution in [2.75, 3.05) is 19.7 Å². The average Bonchev–Trinajstić information content (AvgIpc) is 3.34. The standard InChI is InChI=1S/C19H24N4O4/c20-11-17-2-1-9-22(17)19(24)12-21-15-4-3-14(10-15)13-27-18-7-5-16(6-8-18)23(25)26/h5-8,14-15,17,21H,1-4,9-10,12-13H2/t14-,15+,17+/m1/s1. The summed E-state index contributed by atoms with van der Waals surface area (Å²) in [5.74, 6) is 1.03. The van der Waals surface area contributed by atoms with E-state index in [1.807, 2.05) is 0 Å². The average molecular weight is 372 g/mol. The van der Waals surface area contributed by atoms with E-state index in [0.29, 0.717) is 24.8 Å². The van der Waals surface area contributed by atoms with E-state index in [4.69, 9.17) is 10.00 Å². The van der Waals surface area contributed by atoms with Crippen molar-refractivity contribution >= 4 is 11.6 Å². The number of nitro groups is 1. The number of likely N-dealkylation sites (tertiary alicyclic amines) is 1. The summed E-state index contributed by atoms with van der Waals surface area (Å²) < 4.78 is 5.75. The highest BCUT2D eigenvalue weighted by Crippen LogP contribution is 2.27. The quantitative estimate of drug-likeness (QED) is 0.581. The molecule has 1 aromatic carbocycles. The smallest absolute Gasteiger partial charge is 0.269 e. The van der Waals surface area contributed by atoms with Crippen LogP contribution in [-0.4, -0.2) is 47.5 Å². The lowest BCUT2D eigenvalue weighted by atomic mass is 10.1. The summed E-state index contributed by atoms with van der Waals surface area (Å²) >= 11 is 0. The maximum Gasteiger partial charge on any atom is 0.269 e. The van der Waals surface area contributed by atoms with Crippen LogP contribution < -0.4 is 10.1 Å². The third-order valence-corrected chi connectivity index (χ3v) is 5.34. The summed E-state index contributed by atoms with van der Waals surface area (Å²) in [6.45, 7) is 1.51. The molecule has 2 fully saturated rings. The molecule has 8 heteroatoms. The van der Waals surface area contributed by atoms with Gasteiger partial charge in [0.25, 0.3) is 5.69 Å². The number of hydrogen-bond donors (Lipinski definition) is 1. The van der Waals surface area contributed by atoms with Crippen LogP contribution in [-0.2, 0) is 4.79 Å². The Morgan fingerprint density at radius 1 is 1.33 bits per heavy atom. The largest absolute Gasteiger partial charge is 0.493 e. The van der Waals surface area contributed by atoms with Crippen molar-refractivity contribution < 1.29 is 14.5 Å². The van der Waals surface area contributed by atoms with E-state index in [-0.39, 0.29) is 30.2 Å². The topological polar surface area (TPSA) is 108 Å². The zero-order valence-electron chi connectivity index (χ0n) is 15.2. The van der Waals surface area contributed by atoms with Crippen LogP contribution in [0.5, 0.6) is 5.75 Å². The van der Waals surface area contributed by atoms with Crippen LogP contribution >= 0.6 is 0 Å². The van der Waals surface area contributed by atoms with Crippen LogP contribution in [0.4, 0.5) is 5.69 Å². The first-order valence-electron chi connectivity index (χ1n) is 9.36. The van der Waals surface area contributed by atoms with Gasteiger partial charge in [-0.3, -0.25) is 14.9 Å². The predicted molar refractivity (Wildman–Crippen MR) is 98.1 cm³/mol. The molecule has 1 heterocycles. The number of hydrogen-bond acceptors (Lipinski definition) is 6. The molecule has 0 radical (unpaired) electrons. The lowest BCUT2D eigenvalue weighted by Gasteiger charge is -2.21. The highest BCUT2D eigenvalue weighted by Gasteiger charge is 2.30. The molecule has 0 aromatic heterocycles. The molecule has 27 heavy (non-hydrogen) atoms. The fourth-order valence-electron chi connectivity index (χ4n) is 3.82. The fourth-order valence-corrected chi connectivity index (χ4v) is 3.82. The van der Waals surface area contributed by atoms with Gasteiger partial charge in [-0.2, -0.15) is 5.26 Å². The number of nitrogens with one attached hydrogen (secondary N) is 1. The molecule has 0 bridgehead atoms. The molecule has 1 amide bonds. The Morgan fingerprint density at radius 2 is 2.11 bits per heavy atom. The molecule has 0 unspecified atom stereocenters. The van der Waals surface area contributed by atoms with E-state index < -0.39 is 4.92 Å². The van der Waals surface area contributed by atoms with Gasteiger partial charge in [0.05, 0.1) is 24.1 Å². The number of amides is 1. The fraction of sp³-hybridized carbons (Fsp3) is 0.579. The second kappa shape index (κ2) is 8.82. The number of carbonyl (C=O) groups excluding carboxylic acids is 1. The van der Waals surface area contributed by atoms with Gasteiger partial charge in [-0.15, -0.1) is 0 Å². The van der Waals surface area contributed by atoms with Crippen molar-refractivity contribution in [1.29, 1.82) is 5.26 Å². The molecule has 1 N–H and O–H groups in total. The SMILES string of the molecule is N#C[C@@H]1CCCN1C(=O)CN[C@H]1CC[C@@H](COc2ccc([N+](=O)[O-])cc2)C1. The molecule has 1 aromatic rings. The van der Waals surface area contributed by atoms with Crippen molar-refractivity contribution in [3.05, 3.63) is 34.4 Å². The summed E-state index contributed by atoms with van der Waals surface area (Å²) in [6, 6.07) is 8.31. The third kappa shape index (κ3) is 4.95. The molecule has 0 spiro atoms. The molecule has 8 nitrogen and oxygen atoms in total. The third-order valence-electron chi connectivity index (χ3n) is 5.34. The Hall–Kier alpha value is -2.66. The number of carbonyl (C=O) groups is 1. The highest BCUT2D eigenvalue weighted by molar-refractivity contribution is 5.79. The number of nitrogens with zero attached hydrogens (tertiary/aromatic N) is 3. The van der Waals surface area contributed by atoms with Gasteiger partial charge in [0.1, 0.15) is 11.8 Å². The molecule has 3 rings (SSSR count). The van der Waals surface area contributed by atoms with Crippen LogP contribution in [0, 0.1) is 27.4 Å². The summed E-state index contributed by atoms with van der Waals surface area (Å²) in [7, 11) is 0. The Balaban J connectivity index is 1.38. The highest BCUT2D eigenvalue weighted by atomic mass is 16.6. The van der Waals surface area contributed by atoms with E-state index >= 15 is 0 Å². The first-order valence-corrected chi connectivity index (χ1v) is 9.36. The van der Waals surface area contributed by atoms with Crippen LogP contribution in [0.1, 0.15) is 32.1 Å². The molecular weight excluding hydrogens is 348 g/mol. The summed E-state index contributed by atoms with van der Waals surface area (Å²) in [4.78, 5) is 24.2. The van der Waals surface area contributed by atoms with E-state index in [1.165, 1.54) is 12.1 Å². The normalized spacial score (nSPS) is 24.6. The van der Waals surface area contributed by atoms with Gasteiger partial charge in [0, 0.05) is 24.7 Å². The molecule has 1 saturated carbocycles. The van der Waals surface area contributed by atoms with Gasteiger partial charge in [-0.05, 0) is 50.2 Å². The Kier molecular flexibility index (Phi) is 6.24. The zero-order valence-corrected chi connectivity index (χ0v) is 15.2. The monoisotopic (exact) mass is 372 g/mol. The summed E-state index contributed by atoms with van der Waals surface area (Å²) in [5, 5.41) is 23.1. The van der Waals surface area contributed by atoms with Gasteiger partial charge in [-0.25, -0.2) is 0 Å². The van der Waals surface area contributed by atoms with Gasteiger partial charge in [-0.1, -0.05) is 0 Å². The van der Waals surface area contributed by atoms with E-state index in [0.717, 1.165) is 32.1 Å². The molecule has 144 valence electrons. The van der Waals surface area contributed by atoms with Gasteiger partial charge < -0.3 is 15.0 Å². The molecule has 1 saturated heterocycles. The molecule has 1 aliphatic heterocycles. The number of nitro benzene ring substituents is 1. The number of benzene rings is 1. The minimum absolute atomic E-state index is 0.00429. The number of nitriles is 1. The van der Waals surface area contributed by atoms with Crippen molar-refractivity contribution in [3.63, 3.8) is 0 Å². The minimum atomic E-state index is -0.431. The van der Waals surface area contributed by atoms with Crippen molar-refractivity contribution in [3.8, 4) is 11.8 Å². The maximum absolute atomic E-state index is 12.3. The predicted octanol–water partition coefficient (Wildman–Crippen LogP) is 2.25. The molecule has 2 aliphatic rings. The Bertz CT molecular complexity index is 715. The van der Waals surface area contributed by atoms with Crippen molar-refractivity contribution in [1.82, 2.24) is 10.2 Å². The minimum Gasteiger partial charge on any atom is -0.493 e. The lowest BCUT2D eigenvalue weighted by Crippen LogP contribution is -2.42. The lowest BCUT2D eigenvalue weighted by molar-refractivity contribution is -0.384. The molecule has 3 atom stereocenters. The van der Waals surface area contributed by atoms with Gasteiger partial charge in [0.2, 0.25) is 5.91 Å². The number of non-ortho nitro benzene ring substituents is 1. The second-order valence-electron chi connectivity index (χ2n) is 7.19. The van der Waals surface area contributed by atoms with Gasteiger partial charge in [0.15, 0.2) is 0 Å². The van der Waals surface area contributed by atoms with Gasteiger partial charge >= 0.3 is 0 Å². The van der Waals surface area contributed by atoms with Crippen molar-refractivity contribution in [2.24, 2.45) is 5.92 Å². The Morgan fingerprint density at radius 3 is 2.81 bits per heavy atom. The number of rotatable bonds is 7. The summed E-state index contributed by atoms with van der Waals surface area (Å²) in [5.41, 5.74) is 0.0498. The van der Waals surface area contributed by atoms with E-state index in [1.54, 1.807) is 17.0 Å². The summed E-state index contributed by atoms with van der Waals surface area (Å²) in [6.07, 6.45) is 4.61. The first kappa shape index (κ1) is 19.1. The second-order valence-corrected chi connectivity index (χ2v) is 7.19. The first-order chi connectivity index (χ1) is 13.1. The van der Waals surface area contributed by atoms with Crippen LogP contribution in [0.15, 0.2) is 24.3 Å². The van der Waals surface area contributed by atoms with Crippen LogP contribution in [0.3, 0.4) is 0 Å². The van der Waals surface area contributed by atoms with Crippen LogP contribution in [0.25, 0.3) is 0 Å². The Labute approximate surface area is 158 Å². The van der Waals surface area contributed by atoms with E-state index in [9.17, 15) is 14.9 Å². The molecular formula is C19H24N4O4. The van der Waals surface area contributed by atoms with Crippen molar-refractivity contribution in [2.45, 2.75) is 44.2 Å². The van der Waals surface area contributed by atoms with Crippen LogP contribution in [0.2, 0.25) is 0 Å². The molecule has 1 aliphatic carbocycles.